The van der Waals surface area contributed by atoms with Crippen LogP contribution in [0, 0.1) is 0 Å². The molecule has 0 unspecified atom stereocenters. The van der Waals surface area contributed by atoms with Crippen molar-refractivity contribution in [1.29, 1.82) is 0 Å². The van der Waals surface area contributed by atoms with E-state index in [2.05, 4.69) is 0 Å². The number of para-hydroxylation sites is 2. The Kier molecular flexibility index (Phi) is 3.62. The summed E-state index contributed by atoms with van der Waals surface area (Å²) < 4.78 is 17.4. The van der Waals surface area contributed by atoms with Gasteiger partial charge in [0.2, 0.25) is 0 Å². The van der Waals surface area contributed by atoms with Gasteiger partial charge in [0.25, 0.3) is 0 Å². The van der Waals surface area contributed by atoms with Crippen LogP contribution < -0.4 is 9.47 Å². The van der Waals surface area contributed by atoms with Gasteiger partial charge in [-0.05, 0) is 36.0 Å². The lowest BCUT2D eigenvalue weighted by atomic mass is 10.3. The summed E-state index contributed by atoms with van der Waals surface area (Å²) in [6.07, 6.45) is 0. The van der Waals surface area contributed by atoms with Crippen molar-refractivity contribution in [2.45, 2.75) is 5.31 Å². The molecule has 0 spiro atoms. The van der Waals surface area contributed by atoms with Gasteiger partial charge >= 0.3 is 5.31 Å². The maximum atomic E-state index is 5.89. The highest BCUT2D eigenvalue weighted by atomic mass is 32.2. The number of hydrogen-bond donors (Lipinski definition) is 0. The first-order chi connectivity index (χ1) is 9.36. The highest BCUT2D eigenvalue weighted by Gasteiger charge is 2.42. The largest absolute Gasteiger partial charge is 0.428 e. The number of benzene rings is 2. The van der Waals surface area contributed by atoms with E-state index in [9.17, 15) is 0 Å². The quantitative estimate of drug-likeness (QED) is 0.797. The Morgan fingerprint density at radius 2 is 1.37 bits per heavy atom. The summed E-state index contributed by atoms with van der Waals surface area (Å²) in [5.41, 5.74) is 0. The molecule has 1 fully saturated rings. The molecule has 0 radical (unpaired) electrons. The van der Waals surface area contributed by atoms with Crippen molar-refractivity contribution in [3.8, 4) is 11.5 Å². The Hall–Kier alpha value is -1.65. The van der Waals surface area contributed by atoms with Crippen LogP contribution in [-0.4, -0.2) is 17.7 Å². The second-order valence-electron chi connectivity index (χ2n) is 4.03. The van der Waals surface area contributed by atoms with Crippen molar-refractivity contribution >= 4 is 11.8 Å². The van der Waals surface area contributed by atoms with Gasteiger partial charge in [0.1, 0.15) is 11.5 Å². The Balaban J connectivity index is 1.79. The first kappa shape index (κ1) is 12.4. The summed E-state index contributed by atoms with van der Waals surface area (Å²) in [5, 5.41) is -1.08. The molecule has 3 nitrogen and oxygen atoms in total. The summed E-state index contributed by atoms with van der Waals surface area (Å²) in [6.45, 7) is 0.615. The monoisotopic (exact) mass is 274 g/mol. The molecular formula is C15H14O3S. The maximum absolute atomic E-state index is 5.89. The zero-order valence-electron chi connectivity index (χ0n) is 10.3. The first-order valence-corrected chi connectivity index (χ1v) is 7.11. The van der Waals surface area contributed by atoms with Gasteiger partial charge in [0.05, 0.1) is 6.61 Å². The molecule has 2 aromatic carbocycles. The van der Waals surface area contributed by atoms with Crippen molar-refractivity contribution in [3.63, 3.8) is 0 Å². The van der Waals surface area contributed by atoms with Gasteiger partial charge in [0, 0.05) is 5.75 Å². The molecule has 0 aromatic heterocycles. The van der Waals surface area contributed by atoms with Gasteiger partial charge in [0.15, 0.2) is 0 Å². The highest BCUT2D eigenvalue weighted by Crippen LogP contribution is 2.37. The van der Waals surface area contributed by atoms with Gasteiger partial charge in [-0.2, -0.15) is 0 Å². The smallest absolute Gasteiger partial charge is 0.421 e. The number of thioether (sulfide) groups is 1. The predicted octanol–water partition coefficient (Wildman–Crippen LogP) is 3.52. The summed E-state index contributed by atoms with van der Waals surface area (Å²) >= 11 is 1.51. The SMILES string of the molecule is c1ccc(OC2(Oc3ccccc3)OCCS2)cc1. The van der Waals surface area contributed by atoms with Gasteiger partial charge < -0.3 is 9.47 Å². The van der Waals surface area contributed by atoms with Crippen molar-refractivity contribution < 1.29 is 14.2 Å². The fraction of sp³-hybridized carbons (Fsp3) is 0.200. The Labute approximate surface area is 116 Å². The molecule has 0 bridgehead atoms. The van der Waals surface area contributed by atoms with Gasteiger partial charge in [-0.15, -0.1) is 0 Å². The van der Waals surface area contributed by atoms with E-state index in [0.717, 1.165) is 17.3 Å². The van der Waals surface area contributed by atoms with Crippen molar-refractivity contribution in [3.05, 3.63) is 60.7 Å². The Morgan fingerprint density at radius 1 is 0.842 bits per heavy atom. The lowest BCUT2D eigenvalue weighted by Crippen LogP contribution is -2.38. The van der Waals surface area contributed by atoms with E-state index in [1.165, 1.54) is 11.8 Å². The molecule has 1 aliphatic heterocycles. The van der Waals surface area contributed by atoms with E-state index < -0.39 is 5.31 Å². The summed E-state index contributed by atoms with van der Waals surface area (Å²) in [6, 6.07) is 19.1. The number of hydrogen-bond acceptors (Lipinski definition) is 4. The predicted molar refractivity (Wildman–Crippen MR) is 75.3 cm³/mol. The van der Waals surface area contributed by atoms with Gasteiger partial charge in [-0.1, -0.05) is 36.4 Å². The van der Waals surface area contributed by atoms with Gasteiger partial charge in [-0.25, -0.2) is 0 Å². The minimum absolute atomic E-state index is 0.615. The molecule has 1 aliphatic rings. The van der Waals surface area contributed by atoms with E-state index in [4.69, 9.17) is 14.2 Å². The van der Waals surface area contributed by atoms with Crippen LogP contribution in [0.2, 0.25) is 0 Å². The normalized spacial score (nSPS) is 17.1. The zero-order chi connectivity index (χ0) is 13.0. The molecule has 19 heavy (non-hydrogen) atoms. The lowest BCUT2D eigenvalue weighted by molar-refractivity contribution is -0.218. The number of ether oxygens (including phenoxy) is 3. The molecule has 0 aliphatic carbocycles. The van der Waals surface area contributed by atoms with Crippen LogP contribution in [0.5, 0.6) is 11.5 Å². The third-order valence-electron chi connectivity index (χ3n) is 2.61. The Morgan fingerprint density at radius 3 is 1.79 bits per heavy atom. The molecule has 4 heteroatoms. The molecule has 2 aromatic rings. The summed E-state index contributed by atoms with van der Waals surface area (Å²) in [5.74, 6) is 2.31. The molecule has 0 atom stereocenters. The van der Waals surface area contributed by atoms with E-state index in [-0.39, 0.29) is 0 Å². The van der Waals surface area contributed by atoms with Crippen LogP contribution in [0.25, 0.3) is 0 Å². The maximum Gasteiger partial charge on any atom is 0.428 e. The molecule has 1 heterocycles. The van der Waals surface area contributed by atoms with E-state index >= 15 is 0 Å². The first-order valence-electron chi connectivity index (χ1n) is 6.12. The van der Waals surface area contributed by atoms with Crippen molar-refractivity contribution in [2.75, 3.05) is 12.4 Å². The minimum Gasteiger partial charge on any atom is -0.421 e. The molecule has 98 valence electrons. The van der Waals surface area contributed by atoms with E-state index in [1.807, 2.05) is 60.7 Å². The lowest BCUT2D eigenvalue weighted by Gasteiger charge is -2.27. The van der Waals surface area contributed by atoms with Crippen LogP contribution in [0.4, 0.5) is 0 Å². The summed E-state index contributed by atoms with van der Waals surface area (Å²) in [4.78, 5) is 0. The second kappa shape index (κ2) is 5.55. The zero-order valence-corrected chi connectivity index (χ0v) is 11.1. The van der Waals surface area contributed by atoms with Crippen molar-refractivity contribution in [1.82, 2.24) is 0 Å². The third kappa shape index (κ3) is 3.03. The fourth-order valence-electron chi connectivity index (χ4n) is 1.78. The van der Waals surface area contributed by atoms with Crippen LogP contribution in [0.3, 0.4) is 0 Å². The average Bonchev–Trinajstić information content (AvgIpc) is 2.89. The standard InChI is InChI=1S/C15H14O3S/c1-3-7-13(8-4-1)17-15(16-11-12-19-15)18-14-9-5-2-6-10-14/h1-10H,11-12H2. The molecule has 0 amide bonds. The van der Waals surface area contributed by atoms with Crippen molar-refractivity contribution in [2.24, 2.45) is 0 Å². The molecule has 1 saturated heterocycles. The highest BCUT2D eigenvalue weighted by molar-refractivity contribution is 8.00. The summed E-state index contributed by atoms with van der Waals surface area (Å²) in [7, 11) is 0. The van der Waals surface area contributed by atoms with E-state index in [0.29, 0.717) is 6.61 Å². The van der Waals surface area contributed by atoms with Crippen LogP contribution in [0.1, 0.15) is 0 Å². The topological polar surface area (TPSA) is 27.7 Å². The van der Waals surface area contributed by atoms with Gasteiger partial charge in [-0.3, -0.25) is 4.74 Å². The second-order valence-corrected chi connectivity index (χ2v) is 5.22. The molecule has 0 saturated carbocycles. The number of rotatable bonds is 4. The fourth-order valence-corrected chi connectivity index (χ4v) is 2.67. The van der Waals surface area contributed by atoms with Crippen LogP contribution in [-0.2, 0) is 4.74 Å². The molecular weight excluding hydrogens is 260 g/mol. The van der Waals surface area contributed by atoms with Crippen LogP contribution in [0.15, 0.2) is 60.7 Å². The molecule has 0 N–H and O–H groups in total. The average molecular weight is 274 g/mol. The minimum atomic E-state index is -1.08. The Bertz CT molecular complexity index is 466. The van der Waals surface area contributed by atoms with E-state index in [1.54, 1.807) is 0 Å². The van der Waals surface area contributed by atoms with Crippen LogP contribution >= 0.6 is 11.8 Å². The third-order valence-corrected chi connectivity index (χ3v) is 3.62. The molecule has 3 rings (SSSR count).